The number of hydrogen-bond acceptors (Lipinski definition) is 2. The molecule has 4 atom stereocenters. The Labute approximate surface area is 114 Å². The summed E-state index contributed by atoms with van der Waals surface area (Å²) in [7, 11) is 0. The van der Waals surface area contributed by atoms with Gasteiger partial charge in [-0.05, 0) is 61.6 Å². The van der Waals surface area contributed by atoms with Crippen molar-refractivity contribution in [2.45, 2.75) is 45.1 Å². The predicted molar refractivity (Wildman–Crippen MR) is 74.3 cm³/mol. The molecular weight excluding hydrogens is 236 g/mol. The summed E-state index contributed by atoms with van der Waals surface area (Å²) in [4.78, 5) is 16.1. The van der Waals surface area contributed by atoms with Crippen LogP contribution < -0.4 is 5.32 Å². The molecule has 0 spiro atoms. The topological polar surface area (TPSA) is 42.0 Å². The number of pyridine rings is 1. The third-order valence-electron chi connectivity index (χ3n) is 4.92. The summed E-state index contributed by atoms with van der Waals surface area (Å²) in [6.45, 7) is 2.04. The van der Waals surface area contributed by atoms with Crippen LogP contribution in [0.3, 0.4) is 0 Å². The molecule has 1 aromatic rings. The lowest BCUT2D eigenvalue weighted by atomic mass is 9.86. The third kappa shape index (κ3) is 2.80. The molecule has 19 heavy (non-hydrogen) atoms. The fourth-order valence-corrected chi connectivity index (χ4v) is 3.90. The summed E-state index contributed by atoms with van der Waals surface area (Å²) in [6, 6.07) is 4.00. The van der Waals surface area contributed by atoms with Crippen molar-refractivity contribution in [3.05, 3.63) is 30.1 Å². The Bertz CT molecular complexity index is 445. The van der Waals surface area contributed by atoms with Crippen molar-refractivity contribution >= 4 is 5.91 Å². The van der Waals surface area contributed by atoms with Crippen LogP contribution in [0.1, 0.15) is 50.6 Å². The number of carbonyl (C=O) groups excluding carboxylic acids is 1. The zero-order valence-corrected chi connectivity index (χ0v) is 11.5. The summed E-state index contributed by atoms with van der Waals surface area (Å²) in [5.41, 5.74) is 1.12. The van der Waals surface area contributed by atoms with Gasteiger partial charge in [0.2, 0.25) is 5.91 Å². The van der Waals surface area contributed by atoms with Gasteiger partial charge in [-0.25, -0.2) is 0 Å². The first-order chi connectivity index (χ1) is 9.22. The highest BCUT2D eigenvalue weighted by molar-refractivity contribution is 5.76. The summed E-state index contributed by atoms with van der Waals surface area (Å²) < 4.78 is 0. The normalized spacial score (nSPS) is 30.3. The molecule has 2 saturated carbocycles. The molecule has 2 aliphatic rings. The van der Waals surface area contributed by atoms with Crippen LogP contribution in [0.2, 0.25) is 0 Å². The maximum Gasteiger partial charge on any atom is 0.220 e. The van der Waals surface area contributed by atoms with Crippen LogP contribution in [0.25, 0.3) is 0 Å². The molecule has 0 aromatic carbocycles. The second kappa shape index (κ2) is 5.32. The first-order valence-electron chi connectivity index (χ1n) is 7.41. The van der Waals surface area contributed by atoms with E-state index in [-0.39, 0.29) is 11.9 Å². The molecular formula is C16H22N2O. The Morgan fingerprint density at radius 3 is 2.79 bits per heavy atom. The van der Waals surface area contributed by atoms with Crippen LogP contribution in [-0.4, -0.2) is 10.9 Å². The monoisotopic (exact) mass is 258 g/mol. The number of fused-ring (bicyclic) bond motifs is 2. The molecule has 0 radical (unpaired) electrons. The van der Waals surface area contributed by atoms with E-state index in [2.05, 4.69) is 10.3 Å². The van der Waals surface area contributed by atoms with Gasteiger partial charge >= 0.3 is 0 Å². The van der Waals surface area contributed by atoms with Gasteiger partial charge in [-0.15, -0.1) is 0 Å². The Kier molecular flexibility index (Phi) is 3.54. The summed E-state index contributed by atoms with van der Waals surface area (Å²) >= 11 is 0. The van der Waals surface area contributed by atoms with E-state index in [1.54, 1.807) is 12.4 Å². The Morgan fingerprint density at radius 2 is 2.16 bits per heavy atom. The molecule has 3 rings (SSSR count). The van der Waals surface area contributed by atoms with Gasteiger partial charge in [0, 0.05) is 18.8 Å². The molecule has 2 bridgehead atoms. The lowest BCUT2D eigenvalue weighted by Gasteiger charge is -2.22. The molecule has 102 valence electrons. The molecule has 1 heterocycles. The number of aromatic nitrogens is 1. The Balaban J connectivity index is 1.51. The molecule has 2 aliphatic carbocycles. The SMILES string of the molecule is C[C@H](NC(=O)C[C@H]1C[C@H]2CC[C@H]1C2)c1ccncc1. The van der Waals surface area contributed by atoms with E-state index < -0.39 is 0 Å². The van der Waals surface area contributed by atoms with Crippen molar-refractivity contribution in [3.63, 3.8) is 0 Å². The first kappa shape index (κ1) is 12.6. The van der Waals surface area contributed by atoms with E-state index in [4.69, 9.17) is 0 Å². The van der Waals surface area contributed by atoms with Crippen LogP contribution in [0.15, 0.2) is 24.5 Å². The van der Waals surface area contributed by atoms with Crippen molar-refractivity contribution in [1.29, 1.82) is 0 Å². The minimum absolute atomic E-state index is 0.0779. The van der Waals surface area contributed by atoms with Crippen LogP contribution in [0, 0.1) is 17.8 Å². The van der Waals surface area contributed by atoms with Crippen molar-refractivity contribution in [1.82, 2.24) is 10.3 Å². The van der Waals surface area contributed by atoms with Crippen LogP contribution >= 0.6 is 0 Å². The molecule has 3 heteroatoms. The average molecular weight is 258 g/mol. The maximum absolute atomic E-state index is 12.1. The quantitative estimate of drug-likeness (QED) is 0.901. The second-order valence-electron chi connectivity index (χ2n) is 6.21. The lowest BCUT2D eigenvalue weighted by molar-refractivity contribution is -0.123. The fraction of sp³-hybridized carbons (Fsp3) is 0.625. The third-order valence-corrected chi connectivity index (χ3v) is 4.92. The highest BCUT2D eigenvalue weighted by Crippen LogP contribution is 2.49. The second-order valence-corrected chi connectivity index (χ2v) is 6.21. The smallest absolute Gasteiger partial charge is 0.220 e. The van der Waals surface area contributed by atoms with E-state index >= 15 is 0 Å². The number of hydrogen-bond donors (Lipinski definition) is 1. The number of carbonyl (C=O) groups is 1. The van der Waals surface area contributed by atoms with Crippen molar-refractivity contribution in [2.24, 2.45) is 17.8 Å². The number of amides is 1. The van der Waals surface area contributed by atoms with Gasteiger partial charge in [0.25, 0.3) is 0 Å². The predicted octanol–water partition coefficient (Wildman–Crippen LogP) is 3.09. The first-order valence-corrected chi connectivity index (χ1v) is 7.41. The van der Waals surface area contributed by atoms with Crippen LogP contribution in [0.4, 0.5) is 0 Å². The summed E-state index contributed by atoms with van der Waals surface area (Å²) in [5, 5.41) is 3.12. The van der Waals surface area contributed by atoms with E-state index in [0.29, 0.717) is 5.92 Å². The van der Waals surface area contributed by atoms with E-state index in [0.717, 1.165) is 23.8 Å². The summed E-state index contributed by atoms with van der Waals surface area (Å²) in [5.74, 6) is 2.60. The molecule has 3 nitrogen and oxygen atoms in total. The standard InChI is InChI=1S/C16H22N2O/c1-11(13-4-6-17-7-5-13)18-16(19)10-15-9-12-2-3-14(15)8-12/h4-7,11-12,14-15H,2-3,8-10H2,1H3,(H,18,19)/t11-,12-,14-,15+/m0/s1. The largest absolute Gasteiger partial charge is 0.350 e. The molecule has 0 aliphatic heterocycles. The lowest BCUT2D eigenvalue weighted by Crippen LogP contribution is -2.29. The Morgan fingerprint density at radius 1 is 1.37 bits per heavy atom. The molecule has 1 amide bonds. The van der Waals surface area contributed by atoms with Gasteiger partial charge in [0.05, 0.1) is 6.04 Å². The number of rotatable bonds is 4. The van der Waals surface area contributed by atoms with Gasteiger partial charge in [0.15, 0.2) is 0 Å². The van der Waals surface area contributed by atoms with Gasteiger partial charge in [0.1, 0.15) is 0 Å². The van der Waals surface area contributed by atoms with Crippen molar-refractivity contribution < 1.29 is 4.79 Å². The van der Waals surface area contributed by atoms with Gasteiger partial charge in [-0.2, -0.15) is 0 Å². The van der Waals surface area contributed by atoms with Crippen molar-refractivity contribution in [2.75, 3.05) is 0 Å². The van der Waals surface area contributed by atoms with Crippen LogP contribution in [0.5, 0.6) is 0 Å². The molecule has 2 fully saturated rings. The van der Waals surface area contributed by atoms with E-state index in [9.17, 15) is 4.79 Å². The Hall–Kier alpha value is -1.38. The minimum Gasteiger partial charge on any atom is -0.350 e. The number of nitrogens with one attached hydrogen (secondary N) is 1. The molecule has 1 aromatic heterocycles. The van der Waals surface area contributed by atoms with E-state index in [1.165, 1.54) is 25.7 Å². The minimum atomic E-state index is 0.0779. The van der Waals surface area contributed by atoms with Gasteiger partial charge < -0.3 is 5.32 Å². The van der Waals surface area contributed by atoms with Gasteiger partial charge in [-0.3, -0.25) is 9.78 Å². The molecule has 0 saturated heterocycles. The highest BCUT2D eigenvalue weighted by atomic mass is 16.1. The van der Waals surface area contributed by atoms with Crippen LogP contribution in [-0.2, 0) is 4.79 Å². The highest BCUT2D eigenvalue weighted by Gasteiger charge is 2.40. The zero-order chi connectivity index (χ0) is 13.2. The van der Waals surface area contributed by atoms with Gasteiger partial charge in [-0.1, -0.05) is 6.42 Å². The maximum atomic E-state index is 12.1. The average Bonchev–Trinajstić information content (AvgIpc) is 3.02. The number of nitrogens with zero attached hydrogens (tertiary/aromatic N) is 1. The zero-order valence-electron chi connectivity index (χ0n) is 11.5. The summed E-state index contributed by atoms with van der Waals surface area (Å²) in [6.07, 6.45) is 9.66. The van der Waals surface area contributed by atoms with Crippen molar-refractivity contribution in [3.8, 4) is 0 Å². The molecule has 1 N–H and O–H groups in total. The van der Waals surface area contributed by atoms with E-state index in [1.807, 2.05) is 19.1 Å². The molecule has 0 unspecified atom stereocenters. The fourth-order valence-electron chi connectivity index (χ4n) is 3.90.